The van der Waals surface area contributed by atoms with Gasteiger partial charge in [0.1, 0.15) is 5.25 Å². The maximum atomic E-state index is 13.0. The van der Waals surface area contributed by atoms with E-state index in [9.17, 15) is 13.2 Å². The van der Waals surface area contributed by atoms with E-state index in [4.69, 9.17) is 0 Å². The standard InChI is InChI=1S/C19H17NO3S2/c21-19(15-8-3-1-4-9-15)20-14-18(17-12-7-13-24-17)25(22,23)16-10-5-2-6-11-16/h1-13,18H,14H2,(H,20,21)/t18-/m0/s1. The topological polar surface area (TPSA) is 63.2 Å². The zero-order valence-corrected chi connectivity index (χ0v) is 15.0. The van der Waals surface area contributed by atoms with Gasteiger partial charge in [-0.2, -0.15) is 0 Å². The van der Waals surface area contributed by atoms with Gasteiger partial charge in [0.15, 0.2) is 9.84 Å². The largest absolute Gasteiger partial charge is 0.350 e. The normalized spacial score (nSPS) is 12.5. The Bertz CT molecular complexity index is 921. The molecule has 1 heterocycles. The van der Waals surface area contributed by atoms with Crippen LogP contribution in [0.4, 0.5) is 0 Å². The summed E-state index contributed by atoms with van der Waals surface area (Å²) in [7, 11) is -3.61. The van der Waals surface area contributed by atoms with E-state index in [1.807, 2.05) is 17.5 Å². The molecule has 25 heavy (non-hydrogen) atoms. The molecule has 3 rings (SSSR count). The quantitative estimate of drug-likeness (QED) is 0.719. The third-order valence-electron chi connectivity index (χ3n) is 3.79. The SMILES string of the molecule is O=C(NC[C@@H](c1cccs1)S(=O)(=O)c1ccccc1)c1ccccc1. The first kappa shape index (κ1) is 17.4. The molecule has 3 aromatic rings. The molecule has 0 saturated heterocycles. The molecule has 0 aliphatic heterocycles. The number of carbonyl (C=O) groups excluding carboxylic acids is 1. The van der Waals surface area contributed by atoms with E-state index in [0.29, 0.717) is 10.4 Å². The molecule has 0 spiro atoms. The fraction of sp³-hybridized carbons (Fsp3) is 0.105. The third kappa shape index (κ3) is 3.97. The van der Waals surface area contributed by atoms with Crippen LogP contribution in [-0.2, 0) is 9.84 Å². The molecule has 0 saturated carbocycles. The summed E-state index contributed by atoms with van der Waals surface area (Å²) in [6, 6.07) is 20.7. The van der Waals surface area contributed by atoms with Crippen molar-refractivity contribution >= 4 is 27.1 Å². The second-order valence-corrected chi connectivity index (χ2v) is 8.55. The van der Waals surface area contributed by atoms with Crippen molar-refractivity contribution in [2.45, 2.75) is 10.1 Å². The van der Waals surface area contributed by atoms with E-state index in [1.165, 1.54) is 11.3 Å². The van der Waals surface area contributed by atoms with Crippen molar-refractivity contribution < 1.29 is 13.2 Å². The van der Waals surface area contributed by atoms with E-state index in [0.717, 1.165) is 0 Å². The summed E-state index contributed by atoms with van der Waals surface area (Å²) in [5.74, 6) is -0.287. The van der Waals surface area contributed by atoms with Gasteiger partial charge in [0, 0.05) is 17.0 Å². The second kappa shape index (κ2) is 7.63. The van der Waals surface area contributed by atoms with Gasteiger partial charge < -0.3 is 5.32 Å². The van der Waals surface area contributed by atoms with Crippen LogP contribution in [0.2, 0.25) is 0 Å². The van der Waals surface area contributed by atoms with Crippen LogP contribution in [-0.4, -0.2) is 20.9 Å². The monoisotopic (exact) mass is 371 g/mol. The average molecular weight is 371 g/mol. The van der Waals surface area contributed by atoms with Crippen LogP contribution >= 0.6 is 11.3 Å². The first-order valence-corrected chi connectivity index (χ1v) is 10.2. The number of carbonyl (C=O) groups is 1. The van der Waals surface area contributed by atoms with Crippen LogP contribution in [0.3, 0.4) is 0 Å². The minimum atomic E-state index is -3.61. The highest BCUT2D eigenvalue weighted by Gasteiger charge is 2.30. The van der Waals surface area contributed by atoms with Crippen LogP contribution in [0.1, 0.15) is 20.5 Å². The Morgan fingerprint density at radius 3 is 2.16 bits per heavy atom. The summed E-state index contributed by atoms with van der Waals surface area (Å²) in [6.07, 6.45) is 0. The number of hydrogen-bond acceptors (Lipinski definition) is 4. The Morgan fingerprint density at radius 2 is 1.56 bits per heavy atom. The Morgan fingerprint density at radius 1 is 0.920 bits per heavy atom. The highest BCUT2D eigenvalue weighted by Crippen LogP contribution is 2.31. The molecule has 0 aliphatic rings. The summed E-state index contributed by atoms with van der Waals surface area (Å²) >= 11 is 1.37. The Kier molecular flexibility index (Phi) is 5.31. The first-order chi connectivity index (χ1) is 12.1. The maximum absolute atomic E-state index is 13.0. The maximum Gasteiger partial charge on any atom is 0.251 e. The number of thiophene rings is 1. The molecule has 128 valence electrons. The van der Waals surface area contributed by atoms with Crippen LogP contribution in [0.25, 0.3) is 0 Å². The molecule has 0 fully saturated rings. The van der Waals surface area contributed by atoms with Gasteiger partial charge in [-0.05, 0) is 35.7 Å². The fourth-order valence-corrected chi connectivity index (χ4v) is 5.29. The van der Waals surface area contributed by atoms with Crippen LogP contribution in [0.5, 0.6) is 0 Å². The van der Waals surface area contributed by atoms with Gasteiger partial charge >= 0.3 is 0 Å². The molecule has 1 amide bonds. The van der Waals surface area contributed by atoms with Gasteiger partial charge in [-0.1, -0.05) is 42.5 Å². The zero-order chi connectivity index (χ0) is 17.7. The van der Waals surface area contributed by atoms with Crippen LogP contribution in [0, 0.1) is 0 Å². The summed E-state index contributed by atoms with van der Waals surface area (Å²) in [4.78, 5) is 13.2. The minimum Gasteiger partial charge on any atom is -0.350 e. The molecule has 4 nitrogen and oxygen atoms in total. The van der Waals surface area contributed by atoms with Gasteiger partial charge in [0.2, 0.25) is 0 Å². The number of nitrogens with one attached hydrogen (secondary N) is 1. The highest BCUT2D eigenvalue weighted by atomic mass is 32.2. The van der Waals surface area contributed by atoms with Crippen molar-refractivity contribution in [3.63, 3.8) is 0 Å². The fourth-order valence-electron chi connectivity index (χ4n) is 2.49. The van der Waals surface area contributed by atoms with Crippen molar-refractivity contribution in [3.05, 3.63) is 88.6 Å². The molecule has 1 aromatic heterocycles. The zero-order valence-electron chi connectivity index (χ0n) is 13.3. The number of hydrogen-bond donors (Lipinski definition) is 1. The smallest absolute Gasteiger partial charge is 0.251 e. The number of benzene rings is 2. The number of sulfone groups is 1. The highest BCUT2D eigenvalue weighted by molar-refractivity contribution is 7.91. The lowest BCUT2D eigenvalue weighted by molar-refractivity contribution is 0.0953. The van der Waals surface area contributed by atoms with E-state index < -0.39 is 15.1 Å². The van der Waals surface area contributed by atoms with Crippen molar-refractivity contribution in [1.29, 1.82) is 0 Å². The van der Waals surface area contributed by atoms with Gasteiger partial charge in [-0.15, -0.1) is 11.3 Å². The summed E-state index contributed by atoms with van der Waals surface area (Å²) in [6.45, 7) is 0.0193. The van der Waals surface area contributed by atoms with Crippen LogP contribution < -0.4 is 5.32 Å². The lowest BCUT2D eigenvalue weighted by Crippen LogP contribution is -2.31. The molecule has 2 aromatic carbocycles. The Hall–Kier alpha value is -2.44. The van der Waals surface area contributed by atoms with Crippen molar-refractivity contribution in [2.24, 2.45) is 0 Å². The third-order valence-corrected chi connectivity index (χ3v) is 7.02. The molecule has 6 heteroatoms. The molecule has 1 N–H and O–H groups in total. The van der Waals surface area contributed by atoms with Crippen molar-refractivity contribution in [3.8, 4) is 0 Å². The lowest BCUT2D eigenvalue weighted by Gasteiger charge is -2.17. The van der Waals surface area contributed by atoms with Crippen molar-refractivity contribution in [1.82, 2.24) is 5.32 Å². The van der Waals surface area contributed by atoms with Gasteiger partial charge in [0.25, 0.3) is 5.91 Å². The molecule has 1 atom stereocenters. The molecule has 0 radical (unpaired) electrons. The Labute approximate surface area is 151 Å². The van der Waals surface area contributed by atoms with E-state index in [2.05, 4.69) is 5.32 Å². The predicted molar refractivity (Wildman–Crippen MR) is 99.5 cm³/mol. The second-order valence-electron chi connectivity index (χ2n) is 5.44. The minimum absolute atomic E-state index is 0.0193. The Balaban J connectivity index is 1.86. The molecular weight excluding hydrogens is 354 g/mol. The molecule has 0 bridgehead atoms. The van der Waals surface area contributed by atoms with Crippen LogP contribution in [0.15, 0.2) is 83.1 Å². The van der Waals surface area contributed by atoms with Gasteiger partial charge in [0.05, 0.1) is 4.90 Å². The summed E-state index contributed by atoms with van der Waals surface area (Å²) < 4.78 is 26.1. The molecule has 0 aliphatic carbocycles. The predicted octanol–water partition coefficient (Wildman–Crippen LogP) is 3.69. The van der Waals surface area contributed by atoms with Gasteiger partial charge in [-0.3, -0.25) is 4.79 Å². The van der Waals surface area contributed by atoms with Crippen molar-refractivity contribution in [2.75, 3.05) is 6.54 Å². The molecule has 0 unspecified atom stereocenters. The summed E-state index contributed by atoms with van der Waals surface area (Å²) in [5, 5.41) is 3.77. The van der Waals surface area contributed by atoms with E-state index in [-0.39, 0.29) is 17.3 Å². The average Bonchev–Trinajstić information content (AvgIpc) is 3.17. The van der Waals surface area contributed by atoms with E-state index >= 15 is 0 Å². The van der Waals surface area contributed by atoms with Gasteiger partial charge in [-0.25, -0.2) is 8.42 Å². The summed E-state index contributed by atoms with van der Waals surface area (Å²) in [5.41, 5.74) is 0.504. The number of amides is 1. The number of rotatable bonds is 6. The first-order valence-electron chi connectivity index (χ1n) is 7.74. The lowest BCUT2D eigenvalue weighted by atomic mass is 10.2. The molecular formula is C19H17NO3S2. The van der Waals surface area contributed by atoms with E-state index in [1.54, 1.807) is 60.7 Å².